The van der Waals surface area contributed by atoms with Gasteiger partial charge in [0.25, 0.3) is 5.91 Å². The Hall–Kier alpha value is -2.63. The molecule has 1 fully saturated rings. The maximum atomic E-state index is 13.0. The predicted molar refractivity (Wildman–Crippen MR) is 86.3 cm³/mol. The number of amides is 1. The monoisotopic (exact) mass is 315 g/mol. The molecule has 0 spiro atoms. The number of rotatable bonds is 2. The van der Waals surface area contributed by atoms with E-state index < -0.39 is 0 Å². The van der Waals surface area contributed by atoms with Gasteiger partial charge in [-0.05, 0) is 37.3 Å². The summed E-state index contributed by atoms with van der Waals surface area (Å²) in [6.07, 6.45) is 0. The average molecular weight is 315 g/mol. The van der Waals surface area contributed by atoms with Gasteiger partial charge >= 0.3 is 0 Å². The Labute approximate surface area is 133 Å². The Kier molecular flexibility index (Phi) is 4.14. The molecule has 0 atom stereocenters. The van der Waals surface area contributed by atoms with E-state index in [1.165, 1.54) is 18.2 Å². The van der Waals surface area contributed by atoms with Gasteiger partial charge in [0.05, 0.1) is 0 Å². The van der Waals surface area contributed by atoms with Crippen LogP contribution < -0.4 is 10.5 Å². The summed E-state index contributed by atoms with van der Waals surface area (Å²) in [5.41, 5.74) is 1.77. The van der Waals surface area contributed by atoms with Gasteiger partial charge in [-0.3, -0.25) is 9.59 Å². The fraction of sp³-hybridized carbons (Fsp3) is 0.294. The maximum Gasteiger partial charge on any atom is 0.254 e. The summed E-state index contributed by atoms with van der Waals surface area (Å²) in [6, 6.07) is 9.38. The van der Waals surface area contributed by atoms with Crippen molar-refractivity contribution in [3.8, 4) is 0 Å². The minimum absolute atomic E-state index is 0.127. The number of carbonyl (C=O) groups is 1. The summed E-state index contributed by atoms with van der Waals surface area (Å²) < 4.78 is 13.0. The van der Waals surface area contributed by atoms with E-state index in [1.54, 1.807) is 30.0 Å². The van der Waals surface area contributed by atoms with Crippen molar-refractivity contribution in [1.82, 2.24) is 9.88 Å². The molecule has 1 aromatic heterocycles. The van der Waals surface area contributed by atoms with Gasteiger partial charge in [0.1, 0.15) is 5.82 Å². The number of carbonyl (C=O) groups excluding carboxylic acids is 1. The number of H-pyrrole nitrogens is 1. The maximum absolute atomic E-state index is 13.0. The van der Waals surface area contributed by atoms with Crippen LogP contribution >= 0.6 is 0 Å². The van der Waals surface area contributed by atoms with E-state index in [1.807, 2.05) is 0 Å². The standard InChI is InChI=1S/C17H18FN3O2/c1-12-10-13(11-16(22)19-12)17(23)21-8-6-20(7-9-21)15-4-2-14(18)3-5-15/h2-5,10-11H,6-9H2,1H3,(H,19,22). The highest BCUT2D eigenvalue weighted by molar-refractivity contribution is 5.94. The van der Waals surface area contributed by atoms with Crippen molar-refractivity contribution in [2.45, 2.75) is 6.92 Å². The van der Waals surface area contributed by atoms with Gasteiger partial charge in [-0.1, -0.05) is 0 Å². The first-order chi connectivity index (χ1) is 11.0. The van der Waals surface area contributed by atoms with E-state index in [0.29, 0.717) is 37.4 Å². The van der Waals surface area contributed by atoms with Gasteiger partial charge in [-0.15, -0.1) is 0 Å². The number of aromatic amines is 1. The highest BCUT2D eigenvalue weighted by Gasteiger charge is 2.22. The number of benzene rings is 1. The van der Waals surface area contributed by atoms with Gasteiger partial charge in [0, 0.05) is 49.2 Å². The Morgan fingerprint density at radius 2 is 1.74 bits per heavy atom. The van der Waals surface area contributed by atoms with Gasteiger partial charge in [0.15, 0.2) is 0 Å². The summed E-state index contributed by atoms with van der Waals surface area (Å²) in [4.78, 5) is 30.5. The van der Waals surface area contributed by atoms with Gasteiger partial charge in [0.2, 0.25) is 5.56 Å². The topological polar surface area (TPSA) is 56.4 Å². The molecule has 0 saturated carbocycles. The lowest BCUT2D eigenvalue weighted by Gasteiger charge is -2.36. The number of anilines is 1. The molecule has 2 heterocycles. The number of pyridine rings is 1. The molecular weight excluding hydrogens is 297 g/mol. The third-order valence-corrected chi connectivity index (χ3v) is 3.98. The minimum Gasteiger partial charge on any atom is -0.368 e. The van der Waals surface area contributed by atoms with Gasteiger partial charge in [-0.25, -0.2) is 4.39 Å². The number of hydrogen-bond donors (Lipinski definition) is 1. The largest absolute Gasteiger partial charge is 0.368 e. The Balaban J connectivity index is 1.67. The highest BCUT2D eigenvalue weighted by atomic mass is 19.1. The van der Waals surface area contributed by atoms with Gasteiger partial charge in [-0.2, -0.15) is 0 Å². The molecule has 1 amide bonds. The first kappa shape index (κ1) is 15.3. The van der Waals surface area contributed by atoms with Crippen molar-refractivity contribution in [3.63, 3.8) is 0 Å². The molecule has 0 radical (unpaired) electrons. The number of halogens is 1. The third-order valence-electron chi connectivity index (χ3n) is 3.98. The lowest BCUT2D eigenvalue weighted by molar-refractivity contribution is 0.0746. The van der Waals surface area contributed by atoms with Crippen LogP contribution in [0.4, 0.5) is 10.1 Å². The molecule has 3 rings (SSSR count). The molecule has 0 unspecified atom stereocenters. The molecule has 1 aliphatic heterocycles. The van der Waals surface area contributed by atoms with Crippen LogP contribution in [0, 0.1) is 12.7 Å². The summed E-state index contributed by atoms with van der Waals surface area (Å²) in [5.74, 6) is -0.384. The first-order valence-electron chi connectivity index (χ1n) is 7.54. The summed E-state index contributed by atoms with van der Waals surface area (Å²) in [7, 11) is 0. The Morgan fingerprint density at radius 1 is 1.09 bits per heavy atom. The van der Waals surface area contributed by atoms with Crippen LogP contribution in [-0.4, -0.2) is 42.0 Å². The van der Waals surface area contributed by atoms with E-state index >= 15 is 0 Å². The number of hydrogen-bond acceptors (Lipinski definition) is 3. The fourth-order valence-electron chi connectivity index (χ4n) is 2.81. The van der Waals surface area contributed by atoms with Gasteiger partial charge < -0.3 is 14.8 Å². The molecule has 1 aromatic carbocycles. The first-order valence-corrected chi connectivity index (χ1v) is 7.54. The Bertz CT molecular complexity index is 762. The normalized spacial score (nSPS) is 14.9. The zero-order chi connectivity index (χ0) is 16.4. The van der Waals surface area contributed by atoms with Crippen molar-refractivity contribution >= 4 is 11.6 Å². The van der Waals surface area contributed by atoms with Crippen LogP contribution in [0.5, 0.6) is 0 Å². The minimum atomic E-state index is -0.265. The molecule has 6 heteroatoms. The SMILES string of the molecule is Cc1cc(C(=O)N2CCN(c3ccc(F)cc3)CC2)cc(=O)[nH]1. The van der Waals surface area contributed by atoms with Crippen LogP contribution in [0.25, 0.3) is 0 Å². The van der Waals surface area contributed by atoms with Crippen LogP contribution in [-0.2, 0) is 0 Å². The third kappa shape index (κ3) is 3.41. The van der Waals surface area contributed by atoms with E-state index in [4.69, 9.17) is 0 Å². The molecule has 120 valence electrons. The molecule has 0 aliphatic carbocycles. The fourth-order valence-corrected chi connectivity index (χ4v) is 2.81. The molecule has 1 aliphatic rings. The molecular formula is C17H18FN3O2. The van der Waals surface area contributed by atoms with Crippen molar-refractivity contribution in [2.75, 3.05) is 31.1 Å². The second-order valence-corrected chi connectivity index (χ2v) is 5.67. The molecule has 1 saturated heterocycles. The molecule has 2 aromatic rings. The molecule has 5 nitrogen and oxygen atoms in total. The summed E-state index contributed by atoms with van der Waals surface area (Å²) >= 11 is 0. The second kappa shape index (κ2) is 6.24. The van der Waals surface area contributed by atoms with Crippen LogP contribution in [0.3, 0.4) is 0 Å². The second-order valence-electron chi connectivity index (χ2n) is 5.67. The molecule has 0 bridgehead atoms. The van der Waals surface area contributed by atoms with Crippen LogP contribution in [0.15, 0.2) is 41.2 Å². The zero-order valence-corrected chi connectivity index (χ0v) is 12.9. The number of nitrogens with zero attached hydrogens (tertiary/aromatic N) is 2. The van der Waals surface area contributed by atoms with Crippen molar-refractivity contribution < 1.29 is 9.18 Å². The van der Waals surface area contributed by atoms with Crippen molar-refractivity contribution in [2.24, 2.45) is 0 Å². The quantitative estimate of drug-likeness (QED) is 0.919. The lowest BCUT2D eigenvalue weighted by Crippen LogP contribution is -2.49. The zero-order valence-electron chi connectivity index (χ0n) is 12.9. The van der Waals surface area contributed by atoms with Crippen molar-refractivity contribution in [3.05, 3.63) is 63.8 Å². The lowest BCUT2D eigenvalue weighted by atomic mass is 10.1. The number of nitrogens with one attached hydrogen (secondary N) is 1. The predicted octanol–water partition coefficient (Wildman–Crippen LogP) is 1.78. The average Bonchev–Trinajstić information content (AvgIpc) is 2.54. The van der Waals surface area contributed by atoms with E-state index in [9.17, 15) is 14.0 Å². The van der Waals surface area contributed by atoms with Crippen molar-refractivity contribution in [1.29, 1.82) is 0 Å². The number of aryl methyl sites for hydroxylation is 1. The highest BCUT2D eigenvalue weighted by Crippen LogP contribution is 2.17. The van der Waals surface area contributed by atoms with Crippen LogP contribution in [0.2, 0.25) is 0 Å². The molecule has 1 N–H and O–H groups in total. The van der Waals surface area contributed by atoms with E-state index in [-0.39, 0.29) is 17.3 Å². The molecule has 23 heavy (non-hydrogen) atoms. The van der Waals surface area contributed by atoms with E-state index in [2.05, 4.69) is 9.88 Å². The Morgan fingerprint density at radius 3 is 2.35 bits per heavy atom. The smallest absolute Gasteiger partial charge is 0.254 e. The van der Waals surface area contributed by atoms with Crippen LogP contribution in [0.1, 0.15) is 16.1 Å². The number of piperazine rings is 1. The summed E-state index contributed by atoms with van der Waals surface area (Å²) in [6.45, 7) is 4.26. The number of aromatic nitrogens is 1. The summed E-state index contributed by atoms with van der Waals surface area (Å²) in [5, 5.41) is 0. The van der Waals surface area contributed by atoms with E-state index in [0.717, 1.165) is 5.69 Å².